The smallest absolute Gasteiger partial charge is 0.161 e. The summed E-state index contributed by atoms with van der Waals surface area (Å²) in [5.74, 6) is 1.46. The van der Waals surface area contributed by atoms with Gasteiger partial charge in [0.2, 0.25) is 0 Å². The Morgan fingerprint density at radius 1 is 1.25 bits per heavy atom. The van der Waals surface area contributed by atoms with Gasteiger partial charge in [0.25, 0.3) is 0 Å². The summed E-state index contributed by atoms with van der Waals surface area (Å²) in [6, 6.07) is 5.54. The number of ether oxygens (including phenoxy) is 2. The number of aliphatic hydroxyl groups excluding tert-OH is 1. The van der Waals surface area contributed by atoms with E-state index >= 15 is 0 Å². The number of hydrogen-bond acceptors (Lipinski definition) is 3. The Labute approximate surface area is 99.9 Å². The van der Waals surface area contributed by atoms with Gasteiger partial charge in [0.05, 0.1) is 24.7 Å². The molecule has 1 aromatic carbocycles. The van der Waals surface area contributed by atoms with E-state index in [0.29, 0.717) is 19.0 Å². The lowest BCUT2D eigenvalue weighted by molar-refractivity contribution is 0.189. The molecule has 1 aliphatic heterocycles. The topological polar surface area (TPSA) is 38.7 Å². The van der Waals surface area contributed by atoms with Crippen molar-refractivity contribution in [3.05, 3.63) is 23.8 Å². The molecular weight excluding hydrogens is 228 g/mol. The van der Waals surface area contributed by atoms with Crippen molar-refractivity contribution in [1.29, 1.82) is 0 Å². The minimum atomic E-state index is -0.591. The van der Waals surface area contributed by atoms with Gasteiger partial charge < -0.3 is 14.6 Å². The number of hydrogen-bond donors (Lipinski definition) is 1. The van der Waals surface area contributed by atoms with E-state index in [4.69, 9.17) is 21.1 Å². The fraction of sp³-hybridized carbons (Fsp3) is 0.500. The standard InChI is InChI=1S/C12H15ClO3/c1-8(14)12(13)9-3-4-10-11(7-9)16-6-2-5-15-10/h3-4,7-8,12,14H,2,5-6H2,1H3. The maximum atomic E-state index is 9.43. The van der Waals surface area contributed by atoms with Gasteiger partial charge in [-0.1, -0.05) is 6.07 Å². The lowest BCUT2D eigenvalue weighted by Gasteiger charge is -2.15. The number of aliphatic hydroxyl groups is 1. The lowest BCUT2D eigenvalue weighted by Crippen LogP contribution is -2.08. The van der Waals surface area contributed by atoms with Crippen LogP contribution in [-0.2, 0) is 0 Å². The predicted molar refractivity (Wildman–Crippen MR) is 62.3 cm³/mol. The number of rotatable bonds is 2. The minimum absolute atomic E-state index is 0.419. The molecule has 2 unspecified atom stereocenters. The number of halogens is 1. The molecule has 2 rings (SSSR count). The highest BCUT2D eigenvalue weighted by atomic mass is 35.5. The molecule has 2 atom stereocenters. The van der Waals surface area contributed by atoms with Gasteiger partial charge in [0.15, 0.2) is 11.5 Å². The van der Waals surface area contributed by atoms with E-state index in [1.54, 1.807) is 6.92 Å². The summed E-state index contributed by atoms with van der Waals surface area (Å²) in [5, 5.41) is 9.01. The van der Waals surface area contributed by atoms with Crippen molar-refractivity contribution in [3.63, 3.8) is 0 Å². The van der Waals surface area contributed by atoms with Crippen LogP contribution in [0.2, 0.25) is 0 Å². The molecule has 0 amide bonds. The highest BCUT2D eigenvalue weighted by Gasteiger charge is 2.17. The van der Waals surface area contributed by atoms with E-state index < -0.39 is 11.5 Å². The zero-order valence-corrected chi connectivity index (χ0v) is 9.91. The van der Waals surface area contributed by atoms with Crippen LogP contribution >= 0.6 is 11.6 Å². The Bertz CT molecular complexity index is 365. The van der Waals surface area contributed by atoms with Gasteiger partial charge in [0, 0.05) is 6.42 Å². The first-order valence-electron chi connectivity index (χ1n) is 5.40. The normalized spacial score (nSPS) is 18.7. The summed E-state index contributed by atoms with van der Waals surface area (Å²) in [4.78, 5) is 0. The number of alkyl halides is 1. The van der Waals surface area contributed by atoms with Crippen LogP contribution in [0, 0.1) is 0 Å². The Morgan fingerprint density at radius 3 is 2.62 bits per heavy atom. The quantitative estimate of drug-likeness (QED) is 0.810. The number of benzene rings is 1. The molecule has 3 nitrogen and oxygen atoms in total. The average molecular weight is 243 g/mol. The molecule has 0 bridgehead atoms. The lowest BCUT2D eigenvalue weighted by atomic mass is 10.1. The molecule has 0 saturated carbocycles. The summed E-state index contributed by atoms with van der Waals surface area (Å²) >= 11 is 6.08. The second-order valence-electron chi connectivity index (χ2n) is 3.90. The van der Waals surface area contributed by atoms with Crippen molar-refractivity contribution in [2.24, 2.45) is 0 Å². The van der Waals surface area contributed by atoms with Crippen molar-refractivity contribution in [2.75, 3.05) is 13.2 Å². The molecule has 0 aromatic heterocycles. The molecule has 88 valence electrons. The van der Waals surface area contributed by atoms with Crippen LogP contribution in [0.3, 0.4) is 0 Å². The van der Waals surface area contributed by atoms with E-state index in [0.717, 1.165) is 17.7 Å². The second kappa shape index (κ2) is 4.93. The van der Waals surface area contributed by atoms with Gasteiger partial charge in [-0.3, -0.25) is 0 Å². The zero-order valence-electron chi connectivity index (χ0n) is 9.15. The summed E-state index contributed by atoms with van der Waals surface area (Å²) < 4.78 is 11.1. The third-order valence-electron chi connectivity index (χ3n) is 2.51. The van der Waals surface area contributed by atoms with Gasteiger partial charge in [0.1, 0.15) is 0 Å². The van der Waals surface area contributed by atoms with Gasteiger partial charge in [-0.05, 0) is 24.6 Å². The Kier molecular flexibility index (Phi) is 3.56. The fourth-order valence-electron chi connectivity index (χ4n) is 1.63. The molecule has 0 aliphatic carbocycles. The van der Waals surface area contributed by atoms with Crippen LogP contribution < -0.4 is 9.47 Å². The largest absolute Gasteiger partial charge is 0.490 e. The van der Waals surface area contributed by atoms with E-state index in [2.05, 4.69) is 0 Å². The summed E-state index contributed by atoms with van der Waals surface area (Å²) in [7, 11) is 0. The Morgan fingerprint density at radius 2 is 1.94 bits per heavy atom. The van der Waals surface area contributed by atoms with Crippen LogP contribution in [0.15, 0.2) is 18.2 Å². The Balaban J connectivity index is 2.27. The average Bonchev–Trinajstić information content (AvgIpc) is 2.51. The molecule has 1 aromatic rings. The van der Waals surface area contributed by atoms with Gasteiger partial charge in [-0.25, -0.2) is 0 Å². The molecule has 16 heavy (non-hydrogen) atoms. The number of fused-ring (bicyclic) bond motifs is 1. The van der Waals surface area contributed by atoms with Crippen LogP contribution in [-0.4, -0.2) is 24.4 Å². The highest BCUT2D eigenvalue weighted by molar-refractivity contribution is 6.21. The SMILES string of the molecule is CC(O)C(Cl)c1ccc2c(c1)OCCCO2. The molecular formula is C12H15ClO3. The van der Waals surface area contributed by atoms with Crippen molar-refractivity contribution in [2.45, 2.75) is 24.8 Å². The fourth-order valence-corrected chi connectivity index (χ4v) is 1.77. The zero-order chi connectivity index (χ0) is 11.5. The monoisotopic (exact) mass is 242 g/mol. The van der Waals surface area contributed by atoms with E-state index in [9.17, 15) is 5.11 Å². The molecule has 0 fully saturated rings. The summed E-state index contributed by atoms with van der Waals surface area (Å²) in [6.45, 7) is 2.99. The van der Waals surface area contributed by atoms with E-state index in [1.165, 1.54) is 0 Å². The van der Waals surface area contributed by atoms with Crippen LogP contribution in [0.1, 0.15) is 24.3 Å². The molecule has 0 saturated heterocycles. The van der Waals surface area contributed by atoms with Crippen molar-refractivity contribution in [1.82, 2.24) is 0 Å². The first-order chi connectivity index (χ1) is 7.68. The van der Waals surface area contributed by atoms with Gasteiger partial charge in [-0.15, -0.1) is 11.6 Å². The molecule has 1 heterocycles. The molecule has 0 radical (unpaired) electrons. The molecule has 4 heteroatoms. The first-order valence-corrected chi connectivity index (χ1v) is 5.84. The van der Waals surface area contributed by atoms with Crippen molar-refractivity contribution < 1.29 is 14.6 Å². The van der Waals surface area contributed by atoms with Gasteiger partial charge in [-0.2, -0.15) is 0 Å². The maximum absolute atomic E-state index is 9.43. The van der Waals surface area contributed by atoms with Crippen molar-refractivity contribution >= 4 is 11.6 Å². The first kappa shape index (κ1) is 11.6. The molecule has 1 N–H and O–H groups in total. The molecule has 0 spiro atoms. The molecule has 1 aliphatic rings. The summed E-state index contributed by atoms with van der Waals surface area (Å²) in [6.07, 6.45) is 0.288. The Hall–Kier alpha value is -0.930. The third-order valence-corrected chi connectivity index (χ3v) is 3.13. The highest BCUT2D eigenvalue weighted by Crippen LogP contribution is 2.34. The third kappa shape index (κ3) is 2.42. The van der Waals surface area contributed by atoms with E-state index in [1.807, 2.05) is 18.2 Å². The van der Waals surface area contributed by atoms with Crippen molar-refractivity contribution in [3.8, 4) is 11.5 Å². The van der Waals surface area contributed by atoms with Crippen LogP contribution in [0.5, 0.6) is 11.5 Å². The van der Waals surface area contributed by atoms with Gasteiger partial charge >= 0.3 is 0 Å². The summed E-state index contributed by atoms with van der Waals surface area (Å²) in [5.41, 5.74) is 0.848. The predicted octanol–water partition coefficient (Wildman–Crippen LogP) is 2.51. The van der Waals surface area contributed by atoms with Crippen LogP contribution in [0.25, 0.3) is 0 Å². The van der Waals surface area contributed by atoms with E-state index in [-0.39, 0.29) is 0 Å². The van der Waals surface area contributed by atoms with Crippen LogP contribution in [0.4, 0.5) is 0 Å². The maximum Gasteiger partial charge on any atom is 0.161 e. The second-order valence-corrected chi connectivity index (χ2v) is 4.37. The minimum Gasteiger partial charge on any atom is -0.490 e.